The molecule has 31 heavy (non-hydrogen) atoms. The number of likely N-dealkylation sites (tertiary alicyclic amines) is 1. The molecule has 2 aliphatic heterocycles. The van der Waals surface area contributed by atoms with E-state index in [1.54, 1.807) is 5.57 Å². The SMILES string of the molecule is CC1=C2CC3C(CCC4=CC(=O)CCC43C)C2CCC(C)C2C(CC(C)CN2C)OC1. The van der Waals surface area contributed by atoms with Crippen molar-refractivity contribution in [2.24, 2.45) is 35.0 Å². The fourth-order valence-corrected chi connectivity index (χ4v) is 8.55. The zero-order chi connectivity index (χ0) is 21.9. The number of carbonyl (C=O) groups is 1. The van der Waals surface area contributed by atoms with Crippen molar-refractivity contribution in [2.75, 3.05) is 20.2 Å². The maximum Gasteiger partial charge on any atom is 0.155 e. The lowest BCUT2D eigenvalue weighted by molar-refractivity contribution is -0.116. The number of likely N-dealkylation sites (N-methyl/N-ethyl adjacent to an activating group) is 1. The van der Waals surface area contributed by atoms with Crippen LogP contribution < -0.4 is 0 Å². The predicted molar refractivity (Wildman–Crippen MR) is 126 cm³/mol. The van der Waals surface area contributed by atoms with Crippen LogP contribution >= 0.6 is 0 Å². The van der Waals surface area contributed by atoms with Crippen LogP contribution in [0.1, 0.15) is 79.1 Å². The molecule has 2 heterocycles. The van der Waals surface area contributed by atoms with E-state index in [0.717, 1.165) is 49.5 Å². The summed E-state index contributed by atoms with van der Waals surface area (Å²) < 4.78 is 6.70. The Hall–Kier alpha value is -0.930. The summed E-state index contributed by atoms with van der Waals surface area (Å²) in [5.74, 6) is 4.01. The Balaban J connectivity index is 1.45. The summed E-state index contributed by atoms with van der Waals surface area (Å²) >= 11 is 0. The number of ether oxygens (including phenoxy) is 1. The molecule has 3 fully saturated rings. The lowest BCUT2D eigenvalue weighted by Gasteiger charge is -2.48. The number of fused-ring (bicyclic) bond motifs is 6. The summed E-state index contributed by atoms with van der Waals surface area (Å²) in [4.78, 5) is 14.7. The highest BCUT2D eigenvalue weighted by Gasteiger charge is 2.53. The number of rotatable bonds is 0. The molecule has 0 amide bonds. The molecule has 8 unspecified atom stereocenters. The molecule has 0 bridgehead atoms. The molecule has 0 spiro atoms. The summed E-state index contributed by atoms with van der Waals surface area (Å²) in [5, 5.41) is 0. The molecule has 3 nitrogen and oxygen atoms in total. The van der Waals surface area contributed by atoms with Crippen molar-refractivity contribution in [3.05, 3.63) is 22.8 Å². The van der Waals surface area contributed by atoms with Gasteiger partial charge >= 0.3 is 0 Å². The van der Waals surface area contributed by atoms with E-state index in [9.17, 15) is 4.79 Å². The molecule has 5 rings (SSSR count). The van der Waals surface area contributed by atoms with Gasteiger partial charge in [0.1, 0.15) is 0 Å². The minimum atomic E-state index is 0.243. The van der Waals surface area contributed by atoms with Gasteiger partial charge in [-0.2, -0.15) is 0 Å². The molecule has 8 atom stereocenters. The molecule has 1 saturated heterocycles. The molecule has 3 aliphatic carbocycles. The van der Waals surface area contributed by atoms with Crippen LogP contribution in [0.4, 0.5) is 0 Å². The normalized spacial score (nSPS) is 46.5. The van der Waals surface area contributed by atoms with Crippen molar-refractivity contribution in [1.82, 2.24) is 4.90 Å². The average Bonchev–Trinajstić information content (AvgIpc) is 3.10. The molecule has 172 valence electrons. The second-order valence-electron chi connectivity index (χ2n) is 12.2. The Bertz CT molecular complexity index is 797. The summed E-state index contributed by atoms with van der Waals surface area (Å²) in [6.07, 6.45) is 11.7. The quantitative estimate of drug-likeness (QED) is 0.459. The predicted octanol–water partition coefficient (Wildman–Crippen LogP) is 5.80. The maximum atomic E-state index is 12.1. The topological polar surface area (TPSA) is 29.5 Å². The van der Waals surface area contributed by atoms with Gasteiger partial charge in [-0.25, -0.2) is 0 Å². The van der Waals surface area contributed by atoms with Gasteiger partial charge < -0.3 is 9.64 Å². The third kappa shape index (κ3) is 3.68. The van der Waals surface area contributed by atoms with Crippen molar-refractivity contribution in [1.29, 1.82) is 0 Å². The van der Waals surface area contributed by atoms with Gasteiger partial charge in [-0.3, -0.25) is 4.79 Å². The minimum absolute atomic E-state index is 0.243. The van der Waals surface area contributed by atoms with E-state index >= 15 is 0 Å². The molecule has 0 aromatic rings. The Labute approximate surface area is 189 Å². The van der Waals surface area contributed by atoms with Gasteiger partial charge in [-0.05, 0) is 106 Å². The van der Waals surface area contributed by atoms with E-state index < -0.39 is 0 Å². The van der Waals surface area contributed by atoms with Crippen molar-refractivity contribution >= 4 is 5.78 Å². The fraction of sp³-hybridized carbons (Fsp3) is 0.821. The second-order valence-corrected chi connectivity index (χ2v) is 12.2. The van der Waals surface area contributed by atoms with Gasteiger partial charge in [0.2, 0.25) is 0 Å². The maximum absolute atomic E-state index is 12.1. The summed E-state index contributed by atoms with van der Waals surface area (Å²) in [7, 11) is 2.32. The molecular formula is C28H43NO2. The standard InChI is InChI=1S/C28H43NO2/c1-17-12-26-27(29(5)15-17)18(2)6-8-22-23-9-7-20-13-21(30)10-11-28(20,4)25(23)14-24(22)19(3)16-31-26/h13,17-18,22-23,25-27H,6-12,14-16H2,1-5H3. The van der Waals surface area contributed by atoms with Crippen LogP contribution in [0.2, 0.25) is 0 Å². The Morgan fingerprint density at radius 2 is 1.97 bits per heavy atom. The first-order valence-corrected chi connectivity index (χ1v) is 13.0. The van der Waals surface area contributed by atoms with Crippen LogP contribution in [0.5, 0.6) is 0 Å². The lowest BCUT2D eigenvalue weighted by Crippen LogP contribution is -2.53. The minimum Gasteiger partial charge on any atom is -0.372 e. The van der Waals surface area contributed by atoms with Crippen molar-refractivity contribution in [2.45, 2.75) is 91.2 Å². The van der Waals surface area contributed by atoms with Crippen LogP contribution in [0.15, 0.2) is 22.8 Å². The molecule has 2 saturated carbocycles. The van der Waals surface area contributed by atoms with Gasteiger partial charge in [0.15, 0.2) is 5.78 Å². The van der Waals surface area contributed by atoms with Gasteiger partial charge in [0.25, 0.3) is 0 Å². The van der Waals surface area contributed by atoms with E-state index in [2.05, 4.69) is 39.6 Å². The first-order valence-electron chi connectivity index (χ1n) is 13.0. The van der Waals surface area contributed by atoms with Crippen molar-refractivity contribution in [3.63, 3.8) is 0 Å². The Morgan fingerprint density at radius 3 is 2.77 bits per heavy atom. The van der Waals surface area contributed by atoms with Crippen LogP contribution in [-0.4, -0.2) is 43.0 Å². The van der Waals surface area contributed by atoms with Gasteiger partial charge in [-0.15, -0.1) is 0 Å². The molecular weight excluding hydrogens is 382 g/mol. The molecule has 0 radical (unpaired) electrons. The third-order valence-corrected chi connectivity index (χ3v) is 10.1. The Kier molecular flexibility index (Phi) is 5.74. The van der Waals surface area contributed by atoms with Crippen molar-refractivity contribution in [3.8, 4) is 0 Å². The van der Waals surface area contributed by atoms with Gasteiger partial charge in [0, 0.05) is 19.0 Å². The van der Waals surface area contributed by atoms with Crippen LogP contribution in [0.25, 0.3) is 0 Å². The van der Waals surface area contributed by atoms with Crippen LogP contribution in [0, 0.1) is 35.0 Å². The molecule has 0 aromatic carbocycles. The smallest absolute Gasteiger partial charge is 0.155 e. The Morgan fingerprint density at radius 1 is 1.16 bits per heavy atom. The lowest BCUT2D eigenvalue weighted by atomic mass is 9.56. The number of piperidine rings is 1. The fourth-order valence-electron chi connectivity index (χ4n) is 8.55. The number of hydrogen-bond donors (Lipinski definition) is 0. The number of hydrogen-bond acceptors (Lipinski definition) is 3. The third-order valence-electron chi connectivity index (χ3n) is 10.1. The van der Waals surface area contributed by atoms with E-state index in [0.29, 0.717) is 23.8 Å². The second kappa shape index (κ2) is 8.13. The highest BCUT2D eigenvalue weighted by Crippen LogP contribution is 2.62. The molecule has 3 heteroatoms. The zero-order valence-electron chi connectivity index (χ0n) is 20.5. The van der Waals surface area contributed by atoms with Crippen LogP contribution in [-0.2, 0) is 9.53 Å². The van der Waals surface area contributed by atoms with Crippen LogP contribution in [0.3, 0.4) is 0 Å². The summed E-state index contributed by atoms with van der Waals surface area (Å²) in [6.45, 7) is 11.7. The monoisotopic (exact) mass is 425 g/mol. The molecule has 0 aromatic heterocycles. The van der Waals surface area contributed by atoms with E-state index in [4.69, 9.17) is 4.74 Å². The van der Waals surface area contributed by atoms with Gasteiger partial charge in [-0.1, -0.05) is 31.9 Å². The summed E-state index contributed by atoms with van der Waals surface area (Å²) in [6, 6.07) is 0.561. The van der Waals surface area contributed by atoms with E-state index in [1.165, 1.54) is 49.8 Å². The number of allylic oxidation sites excluding steroid dienone is 3. The van der Waals surface area contributed by atoms with E-state index in [-0.39, 0.29) is 5.41 Å². The first-order chi connectivity index (χ1) is 14.8. The molecule has 5 aliphatic rings. The largest absolute Gasteiger partial charge is 0.372 e. The summed E-state index contributed by atoms with van der Waals surface area (Å²) in [5.41, 5.74) is 4.97. The average molecular weight is 426 g/mol. The highest BCUT2D eigenvalue weighted by molar-refractivity contribution is 5.91. The zero-order valence-corrected chi connectivity index (χ0v) is 20.5. The number of ketones is 1. The number of carbonyl (C=O) groups excluding carboxylic acids is 1. The van der Waals surface area contributed by atoms with Gasteiger partial charge in [0.05, 0.1) is 12.7 Å². The van der Waals surface area contributed by atoms with Crippen molar-refractivity contribution < 1.29 is 9.53 Å². The molecule has 0 N–H and O–H groups in total. The highest BCUT2D eigenvalue weighted by atomic mass is 16.5. The number of nitrogens with zero attached hydrogens (tertiary/aromatic N) is 1. The first kappa shape index (κ1) is 21.9. The van der Waals surface area contributed by atoms with E-state index in [1.807, 2.05) is 6.08 Å².